The predicted molar refractivity (Wildman–Crippen MR) is 79.4 cm³/mol. The summed E-state index contributed by atoms with van der Waals surface area (Å²) < 4.78 is 0. The summed E-state index contributed by atoms with van der Waals surface area (Å²) >= 11 is 0. The standard InChI is InChI=1S/C15H23N3O2/c1-11-8-13(15(19)20)9-14(16-11)18-6-4-12(5-7-18)10-17(2)3/h8-9,12H,4-7,10H2,1-3H3,(H,19,20). The summed E-state index contributed by atoms with van der Waals surface area (Å²) in [6.45, 7) is 4.87. The SMILES string of the molecule is Cc1cc(C(=O)O)cc(N2CCC(CN(C)C)CC2)n1. The Kier molecular flexibility index (Phi) is 4.60. The fourth-order valence-corrected chi connectivity index (χ4v) is 2.80. The predicted octanol–water partition coefficient (Wildman–Crippen LogP) is 1.87. The number of nitrogens with zero attached hydrogens (tertiary/aromatic N) is 3. The number of carbonyl (C=O) groups is 1. The summed E-state index contributed by atoms with van der Waals surface area (Å²) in [6, 6.07) is 3.30. The molecule has 1 fully saturated rings. The van der Waals surface area contributed by atoms with Crippen LogP contribution in [0.1, 0.15) is 28.9 Å². The molecule has 0 amide bonds. The van der Waals surface area contributed by atoms with Crippen molar-refractivity contribution in [1.82, 2.24) is 9.88 Å². The molecule has 1 aliphatic heterocycles. The van der Waals surface area contributed by atoms with Gasteiger partial charge in [-0.15, -0.1) is 0 Å². The van der Waals surface area contributed by atoms with E-state index in [-0.39, 0.29) is 0 Å². The quantitative estimate of drug-likeness (QED) is 0.910. The summed E-state index contributed by atoms with van der Waals surface area (Å²) in [5, 5.41) is 9.12. The molecule has 2 heterocycles. The summed E-state index contributed by atoms with van der Waals surface area (Å²) in [5.41, 5.74) is 1.08. The summed E-state index contributed by atoms with van der Waals surface area (Å²) in [5.74, 6) is 0.634. The second-order valence-corrected chi connectivity index (χ2v) is 5.85. The van der Waals surface area contributed by atoms with Crippen LogP contribution >= 0.6 is 0 Å². The van der Waals surface area contributed by atoms with Crippen molar-refractivity contribution in [3.05, 3.63) is 23.4 Å². The topological polar surface area (TPSA) is 56.7 Å². The van der Waals surface area contributed by atoms with Crippen molar-refractivity contribution in [3.8, 4) is 0 Å². The van der Waals surface area contributed by atoms with Gasteiger partial charge in [0.25, 0.3) is 0 Å². The first-order valence-corrected chi connectivity index (χ1v) is 7.07. The van der Waals surface area contributed by atoms with Crippen molar-refractivity contribution in [2.24, 2.45) is 5.92 Å². The Balaban J connectivity index is 2.05. The first-order valence-electron chi connectivity index (χ1n) is 7.07. The van der Waals surface area contributed by atoms with Crippen LogP contribution in [0.2, 0.25) is 0 Å². The first kappa shape index (κ1) is 14.8. The maximum atomic E-state index is 11.1. The third-order valence-corrected chi connectivity index (χ3v) is 3.75. The van der Waals surface area contributed by atoms with E-state index in [1.165, 1.54) is 0 Å². The van der Waals surface area contributed by atoms with E-state index in [2.05, 4.69) is 28.9 Å². The molecule has 0 aromatic carbocycles. The van der Waals surface area contributed by atoms with Gasteiger partial charge >= 0.3 is 5.97 Å². The van der Waals surface area contributed by atoms with Gasteiger partial charge in [0.2, 0.25) is 0 Å². The van der Waals surface area contributed by atoms with E-state index in [1.54, 1.807) is 12.1 Å². The highest BCUT2D eigenvalue weighted by molar-refractivity contribution is 5.88. The summed E-state index contributed by atoms with van der Waals surface area (Å²) in [6.07, 6.45) is 2.27. The molecule has 5 nitrogen and oxygen atoms in total. The molecule has 1 saturated heterocycles. The molecule has 1 N–H and O–H groups in total. The van der Waals surface area contributed by atoms with Gasteiger partial charge in [-0.05, 0) is 51.9 Å². The number of carboxylic acids is 1. The van der Waals surface area contributed by atoms with Crippen LogP contribution in [0.3, 0.4) is 0 Å². The lowest BCUT2D eigenvalue weighted by Gasteiger charge is -2.34. The fraction of sp³-hybridized carbons (Fsp3) is 0.600. The molecule has 5 heteroatoms. The normalized spacial score (nSPS) is 16.7. The van der Waals surface area contributed by atoms with Gasteiger partial charge in [-0.3, -0.25) is 0 Å². The van der Waals surface area contributed by atoms with Crippen molar-refractivity contribution < 1.29 is 9.90 Å². The molecule has 0 atom stereocenters. The van der Waals surface area contributed by atoms with Crippen molar-refractivity contribution in [3.63, 3.8) is 0 Å². The minimum absolute atomic E-state index is 0.322. The molecule has 1 aliphatic rings. The Hall–Kier alpha value is -1.62. The molecule has 110 valence electrons. The highest BCUT2D eigenvalue weighted by Crippen LogP contribution is 2.23. The van der Waals surface area contributed by atoms with Gasteiger partial charge in [0.05, 0.1) is 5.56 Å². The lowest BCUT2D eigenvalue weighted by Crippen LogP contribution is -2.37. The number of aromatic nitrogens is 1. The lowest BCUT2D eigenvalue weighted by atomic mass is 9.96. The largest absolute Gasteiger partial charge is 0.478 e. The zero-order valence-corrected chi connectivity index (χ0v) is 12.5. The van der Waals surface area contributed by atoms with E-state index in [9.17, 15) is 4.79 Å². The van der Waals surface area contributed by atoms with Crippen LogP contribution in [-0.4, -0.2) is 54.7 Å². The fourth-order valence-electron chi connectivity index (χ4n) is 2.80. The van der Waals surface area contributed by atoms with Gasteiger partial charge in [-0.2, -0.15) is 0 Å². The average Bonchev–Trinajstić information content (AvgIpc) is 2.38. The monoisotopic (exact) mass is 277 g/mol. The Morgan fingerprint density at radius 3 is 2.60 bits per heavy atom. The van der Waals surface area contributed by atoms with Crippen LogP contribution in [0.25, 0.3) is 0 Å². The summed E-state index contributed by atoms with van der Waals surface area (Å²) in [7, 11) is 4.21. The van der Waals surface area contributed by atoms with E-state index in [4.69, 9.17) is 5.11 Å². The number of hydrogen-bond donors (Lipinski definition) is 1. The molecule has 0 spiro atoms. The molecule has 0 unspecified atom stereocenters. The molecule has 0 aliphatic carbocycles. The van der Waals surface area contributed by atoms with Crippen molar-refractivity contribution in [2.45, 2.75) is 19.8 Å². The van der Waals surface area contributed by atoms with Gasteiger partial charge < -0.3 is 14.9 Å². The third kappa shape index (κ3) is 3.70. The van der Waals surface area contributed by atoms with Crippen LogP contribution < -0.4 is 4.90 Å². The second-order valence-electron chi connectivity index (χ2n) is 5.85. The van der Waals surface area contributed by atoms with Crippen LogP contribution in [0.5, 0.6) is 0 Å². The first-order chi connectivity index (χ1) is 9.45. The maximum Gasteiger partial charge on any atom is 0.335 e. The highest BCUT2D eigenvalue weighted by atomic mass is 16.4. The van der Waals surface area contributed by atoms with E-state index in [1.807, 2.05) is 6.92 Å². The van der Waals surface area contributed by atoms with E-state index < -0.39 is 5.97 Å². The minimum atomic E-state index is -0.890. The number of hydrogen-bond acceptors (Lipinski definition) is 4. The Morgan fingerprint density at radius 1 is 1.40 bits per heavy atom. The van der Waals surface area contributed by atoms with E-state index in [0.717, 1.165) is 49.9 Å². The Morgan fingerprint density at radius 2 is 2.05 bits per heavy atom. The van der Waals surface area contributed by atoms with Crippen molar-refractivity contribution >= 4 is 11.8 Å². The van der Waals surface area contributed by atoms with E-state index in [0.29, 0.717) is 5.56 Å². The molecule has 2 rings (SSSR count). The van der Waals surface area contributed by atoms with Gasteiger partial charge in [0.1, 0.15) is 5.82 Å². The molecule has 1 aromatic heterocycles. The van der Waals surface area contributed by atoms with Gasteiger partial charge in [-0.25, -0.2) is 9.78 Å². The van der Waals surface area contributed by atoms with Crippen molar-refractivity contribution in [1.29, 1.82) is 0 Å². The Labute approximate surface area is 120 Å². The van der Waals surface area contributed by atoms with Crippen molar-refractivity contribution in [2.75, 3.05) is 38.6 Å². The Bertz CT molecular complexity index is 480. The molecule has 0 radical (unpaired) electrons. The number of carboxylic acid groups (broad SMARTS) is 1. The molecule has 1 aromatic rings. The molecule has 0 saturated carbocycles. The number of piperidine rings is 1. The minimum Gasteiger partial charge on any atom is -0.478 e. The number of aryl methyl sites for hydroxylation is 1. The molecular formula is C15H23N3O2. The van der Waals surface area contributed by atoms with E-state index >= 15 is 0 Å². The van der Waals surface area contributed by atoms with Gasteiger partial charge in [-0.1, -0.05) is 0 Å². The number of aromatic carboxylic acids is 1. The zero-order chi connectivity index (χ0) is 14.7. The average molecular weight is 277 g/mol. The third-order valence-electron chi connectivity index (χ3n) is 3.75. The van der Waals surface area contributed by atoms with Crippen LogP contribution in [0.4, 0.5) is 5.82 Å². The summed E-state index contributed by atoms with van der Waals surface area (Å²) in [4.78, 5) is 20.0. The smallest absolute Gasteiger partial charge is 0.335 e. The van der Waals surface area contributed by atoms with Crippen LogP contribution in [-0.2, 0) is 0 Å². The number of anilines is 1. The highest BCUT2D eigenvalue weighted by Gasteiger charge is 2.21. The molecule has 0 bridgehead atoms. The molecule has 20 heavy (non-hydrogen) atoms. The molecular weight excluding hydrogens is 254 g/mol. The van der Waals surface area contributed by atoms with Gasteiger partial charge in [0, 0.05) is 25.3 Å². The lowest BCUT2D eigenvalue weighted by molar-refractivity contribution is 0.0696. The van der Waals surface area contributed by atoms with Crippen LogP contribution in [0, 0.1) is 12.8 Å². The number of rotatable bonds is 4. The van der Waals surface area contributed by atoms with Crippen LogP contribution in [0.15, 0.2) is 12.1 Å². The zero-order valence-electron chi connectivity index (χ0n) is 12.5. The van der Waals surface area contributed by atoms with Gasteiger partial charge in [0.15, 0.2) is 0 Å². The maximum absolute atomic E-state index is 11.1. The second kappa shape index (κ2) is 6.22. The number of pyridine rings is 1.